The van der Waals surface area contributed by atoms with Gasteiger partial charge in [-0.3, -0.25) is 4.79 Å². The summed E-state index contributed by atoms with van der Waals surface area (Å²) in [5, 5.41) is 0. The maximum absolute atomic E-state index is 13.0. The Hall–Kier alpha value is -2.01. The summed E-state index contributed by atoms with van der Waals surface area (Å²) in [5.41, 5.74) is 2.56. The summed E-state index contributed by atoms with van der Waals surface area (Å²) >= 11 is 0. The third-order valence-corrected chi connectivity index (χ3v) is 10.6. The van der Waals surface area contributed by atoms with Crippen molar-refractivity contribution in [3.05, 3.63) is 35.4 Å². The smallest absolute Gasteiger partial charge is 0.306 e. The maximum Gasteiger partial charge on any atom is 0.306 e. The predicted octanol–water partition coefficient (Wildman–Crippen LogP) is 8.31. The molecule has 0 N–H and O–H groups in total. The van der Waals surface area contributed by atoms with Crippen LogP contribution in [-0.4, -0.2) is 49.8 Å². The summed E-state index contributed by atoms with van der Waals surface area (Å²) in [4.78, 5) is 15.5. The summed E-state index contributed by atoms with van der Waals surface area (Å²) < 4.78 is 18.6. The number of piperidine rings is 1. The molecule has 1 fully saturated rings. The first-order valence-corrected chi connectivity index (χ1v) is 17.0. The second kappa shape index (κ2) is 14.4. The number of benzene rings is 1. The normalized spacial score (nSPS) is 27.4. The standard InChI is InChI=1S/C36H55NO4/c1-4-5-6-7-8-9-10-11-12-13-14-15-16-17-18-19-32(38)40-31-23-21-28-29-26-27-20-22-30(39-3)34-33(27)36(28,35(31)41-34)24-25-37(29)2/h20-23,28-29,31,35H,4-19,24-26H2,1-3H3/t28-,29+,31-,35-,36-/m0/s1. The molecule has 0 saturated carbocycles. The van der Waals surface area contributed by atoms with E-state index in [1.165, 1.54) is 94.6 Å². The Bertz CT molecular complexity index is 1040. The highest BCUT2D eigenvalue weighted by atomic mass is 16.6. The van der Waals surface area contributed by atoms with Crippen LogP contribution in [0.2, 0.25) is 0 Å². The average molecular weight is 566 g/mol. The van der Waals surface area contributed by atoms with E-state index >= 15 is 0 Å². The number of likely N-dealkylation sites (tertiary alicyclic amines) is 1. The van der Waals surface area contributed by atoms with Crippen molar-refractivity contribution in [1.82, 2.24) is 4.90 Å². The molecule has 1 spiro atoms. The monoisotopic (exact) mass is 565 g/mol. The predicted molar refractivity (Wildman–Crippen MR) is 166 cm³/mol. The third kappa shape index (κ3) is 6.50. The molecular formula is C36H55NO4. The molecule has 2 aliphatic heterocycles. The minimum Gasteiger partial charge on any atom is -0.493 e. The van der Waals surface area contributed by atoms with Crippen LogP contribution in [0.5, 0.6) is 11.5 Å². The maximum atomic E-state index is 13.0. The summed E-state index contributed by atoms with van der Waals surface area (Å²) in [7, 11) is 3.96. The largest absolute Gasteiger partial charge is 0.493 e. The number of hydrogen-bond donors (Lipinski definition) is 0. The summed E-state index contributed by atoms with van der Waals surface area (Å²) in [6, 6.07) is 4.72. The summed E-state index contributed by atoms with van der Waals surface area (Å²) in [6.45, 7) is 3.32. The first-order valence-electron chi connectivity index (χ1n) is 17.0. The number of rotatable bonds is 18. The van der Waals surface area contributed by atoms with Crippen molar-refractivity contribution >= 4 is 5.97 Å². The van der Waals surface area contributed by atoms with E-state index in [-0.39, 0.29) is 23.6 Å². The van der Waals surface area contributed by atoms with Crippen LogP contribution in [0.4, 0.5) is 0 Å². The first-order chi connectivity index (χ1) is 20.1. The molecule has 1 saturated heterocycles. The van der Waals surface area contributed by atoms with Crippen LogP contribution < -0.4 is 9.47 Å². The van der Waals surface area contributed by atoms with Gasteiger partial charge in [0.15, 0.2) is 17.6 Å². The van der Waals surface area contributed by atoms with Gasteiger partial charge in [-0.15, -0.1) is 0 Å². The van der Waals surface area contributed by atoms with Crippen molar-refractivity contribution < 1.29 is 19.0 Å². The van der Waals surface area contributed by atoms with Gasteiger partial charge < -0.3 is 19.1 Å². The van der Waals surface area contributed by atoms with E-state index in [1.807, 2.05) is 6.07 Å². The van der Waals surface area contributed by atoms with Gasteiger partial charge >= 0.3 is 5.97 Å². The molecule has 2 aliphatic carbocycles. The summed E-state index contributed by atoms with van der Waals surface area (Å²) in [6.07, 6.45) is 26.3. The number of likely N-dealkylation sites (N-methyl/N-ethyl adjacent to an activating group) is 1. The SMILES string of the molecule is CCCCCCCCCCCCCCCCCC(=O)O[C@H]1C=C[C@H]2[C@H]3Cc4ccc(OC)c5c4[C@@]2(CCN3C)[C@H]1O5. The Labute approximate surface area is 249 Å². The molecule has 5 atom stereocenters. The van der Waals surface area contributed by atoms with Crippen LogP contribution in [0.25, 0.3) is 0 Å². The van der Waals surface area contributed by atoms with Gasteiger partial charge in [0.1, 0.15) is 6.10 Å². The fourth-order valence-electron chi connectivity index (χ4n) is 8.32. The van der Waals surface area contributed by atoms with E-state index in [0.717, 1.165) is 43.7 Å². The van der Waals surface area contributed by atoms with Crippen LogP contribution >= 0.6 is 0 Å². The van der Waals surface area contributed by atoms with E-state index in [4.69, 9.17) is 14.2 Å². The molecule has 41 heavy (non-hydrogen) atoms. The van der Waals surface area contributed by atoms with Crippen molar-refractivity contribution in [2.24, 2.45) is 5.92 Å². The van der Waals surface area contributed by atoms with Gasteiger partial charge in [0.25, 0.3) is 0 Å². The quantitative estimate of drug-likeness (QED) is 0.102. The molecule has 2 bridgehead atoms. The molecule has 5 nitrogen and oxygen atoms in total. The molecule has 0 amide bonds. The van der Waals surface area contributed by atoms with Crippen LogP contribution in [0.15, 0.2) is 24.3 Å². The lowest BCUT2D eigenvalue weighted by Crippen LogP contribution is -2.65. The van der Waals surface area contributed by atoms with Gasteiger partial charge in [-0.25, -0.2) is 0 Å². The molecule has 0 aromatic heterocycles. The lowest BCUT2D eigenvalue weighted by atomic mass is 9.53. The van der Waals surface area contributed by atoms with Crippen LogP contribution in [0.3, 0.4) is 0 Å². The van der Waals surface area contributed by atoms with E-state index in [1.54, 1.807) is 7.11 Å². The molecule has 228 valence electrons. The minimum absolute atomic E-state index is 0.0868. The molecule has 4 aliphatic rings. The third-order valence-electron chi connectivity index (χ3n) is 10.6. The van der Waals surface area contributed by atoms with Crippen molar-refractivity contribution in [2.75, 3.05) is 20.7 Å². The van der Waals surface area contributed by atoms with Crippen molar-refractivity contribution in [3.8, 4) is 11.5 Å². The van der Waals surface area contributed by atoms with E-state index in [9.17, 15) is 4.79 Å². The molecular weight excluding hydrogens is 510 g/mol. The van der Waals surface area contributed by atoms with Crippen LogP contribution in [0.1, 0.15) is 127 Å². The fourth-order valence-corrected chi connectivity index (χ4v) is 8.32. The first kappa shape index (κ1) is 30.4. The zero-order valence-electron chi connectivity index (χ0n) is 26.1. The lowest BCUT2D eigenvalue weighted by Gasteiger charge is -2.56. The van der Waals surface area contributed by atoms with Crippen molar-refractivity contribution in [3.63, 3.8) is 0 Å². The topological polar surface area (TPSA) is 48.0 Å². The molecule has 2 heterocycles. The minimum atomic E-state index is -0.345. The lowest BCUT2D eigenvalue weighted by molar-refractivity contribution is -0.155. The molecule has 0 unspecified atom stereocenters. The molecule has 1 aromatic carbocycles. The highest BCUT2D eigenvalue weighted by molar-refractivity contribution is 5.70. The Morgan fingerprint density at radius 3 is 2.20 bits per heavy atom. The van der Waals surface area contributed by atoms with E-state index in [0.29, 0.717) is 18.4 Å². The zero-order valence-corrected chi connectivity index (χ0v) is 26.1. The van der Waals surface area contributed by atoms with Crippen molar-refractivity contribution in [1.29, 1.82) is 0 Å². The molecule has 5 rings (SSSR count). The number of methoxy groups -OCH3 is 1. The van der Waals surface area contributed by atoms with E-state index < -0.39 is 0 Å². The Balaban J connectivity index is 1.03. The number of carbonyl (C=O) groups is 1. The number of ether oxygens (including phenoxy) is 3. The Kier molecular flexibility index (Phi) is 10.7. The Morgan fingerprint density at radius 1 is 0.927 bits per heavy atom. The fraction of sp³-hybridized carbons (Fsp3) is 0.750. The second-order valence-corrected chi connectivity index (χ2v) is 13.3. The Morgan fingerprint density at radius 2 is 1.56 bits per heavy atom. The highest BCUT2D eigenvalue weighted by Crippen LogP contribution is 2.62. The molecule has 0 radical (unpaired) electrons. The van der Waals surface area contributed by atoms with Gasteiger partial charge in [0.05, 0.1) is 7.11 Å². The summed E-state index contributed by atoms with van der Waals surface area (Å²) in [5.74, 6) is 1.97. The average Bonchev–Trinajstić information content (AvgIpc) is 3.33. The van der Waals surface area contributed by atoms with E-state index in [2.05, 4.69) is 37.1 Å². The number of unbranched alkanes of at least 4 members (excludes halogenated alkanes) is 14. The van der Waals surface area contributed by atoms with Gasteiger partial charge in [-0.1, -0.05) is 109 Å². The van der Waals surface area contributed by atoms with Gasteiger partial charge in [-0.05, 0) is 50.6 Å². The molecule has 5 heteroatoms. The number of nitrogens with zero attached hydrogens (tertiary/aromatic N) is 1. The van der Waals surface area contributed by atoms with Gasteiger partial charge in [0.2, 0.25) is 0 Å². The van der Waals surface area contributed by atoms with Gasteiger partial charge in [0, 0.05) is 29.4 Å². The zero-order chi connectivity index (χ0) is 28.7. The number of carbonyl (C=O) groups excluding carboxylic acids is 1. The number of esters is 1. The van der Waals surface area contributed by atoms with Crippen LogP contribution in [0, 0.1) is 5.92 Å². The molecule has 1 aromatic rings. The van der Waals surface area contributed by atoms with Crippen molar-refractivity contribution in [2.45, 2.75) is 146 Å². The van der Waals surface area contributed by atoms with Crippen LogP contribution in [-0.2, 0) is 21.4 Å². The highest BCUT2D eigenvalue weighted by Gasteiger charge is 2.65. The second-order valence-electron chi connectivity index (χ2n) is 13.3. The number of hydrogen-bond acceptors (Lipinski definition) is 5. The van der Waals surface area contributed by atoms with Gasteiger partial charge in [-0.2, -0.15) is 0 Å².